The van der Waals surface area contributed by atoms with Crippen molar-refractivity contribution in [2.75, 3.05) is 13.7 Å². The van der Waals surface area contributed by atoms with E-state index in [1.165, 1.54) is 19.2 Å². The molecule has 0 amide bonds. The summed E-state index contributed by atoms with van der Waals surface area (Å²) in [5.41, 5.74) is -0.0386. The molecule has 1 atom stereocenters. The highest BCUT2D eigenvalue weighted by atomic mass is 127. The highest BCUT2D eigenvalue weighted by molar-refractivity contribution is 14.1. The van der Waals surface area contributed by atoms with Gasteiger partial charge < -0.3 is 9.84 Å². The Hall–Kier alpha value is -0.710. The third-order valence-electron chi connectivity index (χ3n) is 2.44. The number of rotatable bonds is 6. The van der Waals surface area contributed by atoms with E-state index in [4.69, 9.17) is 9.84 Å². The molecule has 0 spiro atoms. The first-order valence-corrected chi connectivity index (χ1v) is 7.89. The molecule has 0 aliphatic heterocycles. The predicted octanol–water partition coefficient (Wildman–Crippen LogP) is 1.30. The van der Waals surface area contributed by atoms with Crippen LogP contribution in [-0.2, 0) is 14.8 Å². The molecule has 2 N–H and O–H groups in total. The number of halogens is 1. The maximum Gasteiger partial charge on any atom is 0.336 e. The van der Waals surface area contributed by atoms with Crippen molar-refractivity contribution >= 4 is 38.6 Å². The minimum atomic E-state index is -3.73. The highest BCUT2D eigenvalue weighted by Crippen LogP contribution is 2.18. The molecule has 106 valence electrons. The number of carbonyl (C=O) groups is 1. The molecule has 0 aromatic heterocycles. The molecule has 1 aromatic rings. The molecular weight excluding hydrogens is 385 g/mol. The van der Waals surface area contributed by atoms with E-state index in [-0.39, 0.29) is 23.1 Å². The van der Waals surface area contributed by atoms with Crippen LogP contribution in [0.25, 0.3) is 0 Å². The Morgan fingerprint density at radius 3 is 2.68 bits per heavy atom. The summed E-state index contributed by atoms with van der Waals surface area (Å²) in [7, 11) is -2.26. The standard InChI is InChI=1S/C11H14INO5S/c1-7(18-2)6-13-19(16,17)8-3-4-10(12)9(5-8)11(14)15/h3-5,7,13H,6H2,1-2H3,(H,14,15). The Bertz CT molecular complexity index is 572. The van der Waals surface area contributed by atoms with Crippen molar-refractivity contribution in [1.82, 2.24) is 4.72 Å². The van der Waals surface area contributed by atoms with Crippen LogP contribution in [0.1, 0.15) is 17.3 Å². The maximum absolute atomic E-state index is 12.0. The largest absolute Gasteiger partial charge is 0.478 e. The zero-order chi connectivity index (χ0) is 14.6. The van der Waals surface area contributed by atoms with Gasteiger partial charge in [-0.1, -0.05) is 0 Å². The van der Waals surface area contributed by atoms with Crippen molar-refractivity contribution in [3.63, 3.8) is 0 Å². The molecule has 0 aliphatic rings. The fourth-order valence-electron chi connectivity index (χ4n) is 1.23. The number of carboxylic acids is 1. The van der Waals surface area contributed by atoms with Crippen molar-refractivity contribution in [2.45, 2.75) is 17.9 Å². The third-order valence-corrected chi connectivity index (χ3v) is 4.80. The summed E-state index contributed by atoms with van der Waals surface area (Å²) < 4.78 is 31.7. The second kappa shape index (κ2) is 6.64. The summed E-state index contributed by atoms with van der Waals surface area (Å²) in [5.74, 6) is -1.16. The minimum Gasteiger partial charge on any atom is -0.478 e. The molecule has 0 fully saturated rings. The molecule has 1 aromatic carbocycles. The second-order valence-corrected chi connectivity index (χ2v) is 6.77. The second-order valence-electron chi connectivity index (χ2n) is 3.85. The minimum absolute atomic E-state index is 0.0386. The lowest BCUT2D eigenvalue weighted by Gasteiger charge is -2.12. The normalized spacial score (nSPS) is 13.2. The number of carboxylic acid groups (broad SMARTS) is 1. The molecule has 8 heteroatoms. The number of ether oxygens (including phenoxy) is 1. The van der Waals surface area contributed by atoms with E-state index < -0.39 is 16.0 Å². The molecule has 0 bridgehead atoms. The van der Waals surface area contributed by atoms with Crippen molar-refractivity contribution in [1.29, 1.82) is 0 Å². The van der Waals surface area contributed by atoms with Crippen molar-refractivity contribution in [3.05, 3.63) is 27.3 Å². The van der Waals surface area contributed by atoms with Gasteiger partial charge in [-0.3, -0.25) is 0 Å². The van der Waals surface area contributed by atoms with Gasteiger partial charge in [0, 0.05) is 17.2 Å². The van der Waals surface area contributed by atoms with Gasteiger partial charge in [0.1, 0.15) is 0 Å². The van der Waals surface area contributed by atoms with Gasteiger partial charge in [-0.2, -0.15) is 0 Å². The molecule has 6 nitrogen and oxygen atoms in total. The van der Waals surface area contributed by atoms with E-state index in [0.29, 0.717) is 3.57 Å². The number of hydrogen-bond acceptors (Lipinski definition) is 4. The van der Waals surface area contributed by atoms with Gasteiger partial charge in [-0.15, -0.1) is 0 Å². The van der Waals surface area contributed by atoms with Crippen LogP contribution in [0.3, 0.4) is 0 Å². The van der Waals surface area contributed by atoms with Crippen LogP contribution in [0.5, 0.6) is 0 Å². The lowest BCUT2D eigenvalue weighted by Crippen LogP contribution is -2.31. The van der Waals surface area contributed by atoms with Crippen molar-refractivity contribution < 1.29 is 23.1 Å². The third kappa shape index (κ3) is 4.41. The topological polar surface area (TPSA) is 92.7 Å². The van der Waals surface area contributed by atoms with Crippen LogP contribution < -0.4 is 4.72 Å². The first kappa shape index (κ1) is 16.3. The molecule has 0 radical (unpaired) electrons. The van der Waals surface area contributed by atoms with E-state index in [0.717, 1.165) is 6.07 Å². The highest BCUT2D eigenvalue weighted by Gasteiger charge is 2.18. The van der Waals surface area contributed by atoms with Crippen molar-refractivity contribution in [3.8, 4) is 0 Å². The number of benzene rings is 1. The van der Waals surface area contributed by atoms with Crippen molar-refractivity contribution in [2.24, 2.45) is 0 Å². The molecule has 0 heterocycles. The quantitative estimate of drug-likeness (QED) is 0.704. The molecule has 0 saturated carbocycles. The zero-order valence-corrected chi connectivity index (χ0v) is 13.4. The predicted molar refractivity (Wildman–Crippen MR) is 77.8 cm³/mol. The summed E-state index contributed by atoms with van der Waals surface area (Å²) in [6.07, 6.45) is -0.266. The first-order chi connectivity index (χ1) is 8.77. The first-order valence-electron chi connectivity index (χ1n) is 5.33. The van der Waals surface area contributed by atoms with Gasteiger partial charge in [0.05, 0.1) is 16.6 Å². The number of nitrogens with one attached hydrogen (secondary N) is 1. The fraction of sp³-hybridized carbons (Fsp3) is 0.364. The number of aromatic carboxylic acids is 1. The summed E-state index contributed by atoms with van der Waals surface area (Å²) in [6.45, 7) is 1.84. The number of methoxy groups -OCH3 is 1. The SMILES string of the molecule is COC(C)CNS(=O)(=O)c1ccc(I)c(C(=O)O)c1. The summed E-state index contributed by atoms with van der Waals surface area (Å²) in [6, 6.07) is 3.97. The van der Waals surface area contributed by atoms with Crippen LogP contribution in [0.4, 0.5) is 0 Å². The molecule has 1 unspecified atom stereocenters. The van der Waals surface area contributed by atoms with Gasteiger partial charge in [0.15, 0.2) is 0 Å². The van der Waals surface area contributed by atoms with Gasteiger partial charge in [-0.05, 0) is 47.7 Å². The van der Waals surface area contributed by atoms with Gasteiger partial charge >= 0.3 is 5.97 Å². The van der Waals surface area contributed by atoms with Crippen LogP contribution in [0, 0.1) is 3.57 Å². The summed E-state index contributed by atoms with van der Waals surface area (Å²) in [5, 5.41) is 8.97. The van der Waals surface area contributed by atoms with Crippen LogP contribution in [0.15, 0.2) is 23.1 Å². The lowest BCUT2D eigenvalue weighted by molar-refractivity contribution is 0.0695. The van der Waals surface area contributed by atoms with Crippen LogP contribution in [0.2, 0.25) is 0 Å². The Kier molecular flexibility index (Phi) is 5.71. The van der Waals surface area contributed by atoms with Gasteiger partial charge in [0.25, 0.3) is 0 Å². The van der Waals surface area contributed by atoms with E-state index in [1.807, 2.05) is 22.6 Å². The Morgan fingerprint density at radius 2 is 2.16 bits per heavy atom. The Labute approximate surface area is 125 Å². The molecule has 0 aliphatic carbocycles. The number of sulfonamides is 1. The number of hydrogen-bond donors (Lipinski definition) is 2. The lowest BCUT2D eigenvalue weighted by atomic mass is 10.2. The fourth-order valence-corrected chi connectivity index (χ4v) is 2.94. The van der Waals surface area contributed by atoms with E-state index >= 15 is 0 Å². The van der Waals surface area contributed by atoms with Gasteiger partial charge in [-0.25, -0.2) is 17.9 Å². The Balaban J connectivity index is 3.02. The summed E-state index contributed by atoms with van der Waals surface area (Å²) >= 11 is 1.84. The van der Waals surface area contributed by atoms with Gasteiger partial charge in [0.2, 0.25) is 10.0 Å². The average Bonchev–Trinajstić information content (AvgIpc) is 2.35. The maximum atomic E-state index is 12.0. The molecule has 0 saturated heterocycles. The molecular formula is C11H14INO5S. The Morgan fingerprint density at radius 1 is 1.53 bits per heavy atom. The smallest absolute Gasteiger partial charge is 0.336 e. The van der Waals surface area contributed by atoms with Crippen LogP contribution in [-0.4, -0.2) is 39.3 Å². The van der Waals surface area contributed by atoms with E-state index in [9.17, 15) is 13.2 Å². The molecule has 19 heavy (non-hydrogen) atoms. The molecule has 1 rings (SSSR count). The average molecular weight is 399 g/mol. The van der Waals surface area contributed by atoms with E-state index in [2.05, 4.69) is 4.72 Å². The monoisotopic (exact) mass is 399 g/mol. The van der Waals surface area contributed by atoms with E-state index in [1.54, 1.807) is 6.92 Å². The zero-order valence-electron chi connectivity index (χ0n) is 10.4. The van der Waals surface area contributed by atoms with Crippen LogP contribution >= 0.6 is 22.6 Å². The summed E-state index contributed by atoms with van der Waals surface area (Å²) in [4.78, 5) is 10.9.